The van der Waals surface area contributed by atoms with Gasteiger partial charge in [0.2, 0.25) is 17.7 Å². The smallest absolute Gasteiger partial charge is 0.322 e. The Morgan fingerprint density at radius 2 is 1.62 bits per heavy atom. The van der Waals surface area contributed by atoms with Crippen LogP contribution in [0.1, 0.15) is 26.3 Å². The highest BCUT2D eigenvalue weighted by Gasteiger charge is 2.30. The summed E-state index contributed by atoms with van der Waals surface area (Å²) in [5.74, 6) is -1.88. The number of fused-ring (bicyclic) bond motifs is 1. The van der Waals surface area contributed by atoms with Crippen molar-refractivity contribution in [2.75, 3.05) is 24.3 Å². The number of aliphatic carboxylic acids is 1. The van der Waals surface area contributed by atoms with E-state index in [2.05, 4.69) is 41.8 Å². The van der Waals surface area contributed by atoms with Crippen molar-refractivity contribution in [1.29, 1.82) is 0 Å². The van der Waals surface area contributed by atoms with E-state index in [1.54, 1.807) is 13.8 Å². The van der Waals surface area contributed by atoms with Crippen LogP contribution < -0.4 is 21.7 Å². The van der Waals surface area contributed by atoms with Gasteiger partial charge >= 0.3 is 5.97 Å². The Kier molecular flexibility index (Phi) is 14.7. The molecule has 2 aromatic rings. The molecular formula is C26H38N4O5S2. The monoisotopic (exact) mass is 550 g/mol. The zero-order valence-electron chi connectivity index (χ0n) is 21.7. The molecule has 3 amide bonds. The molecule has 6 N–H and O–H groups in total. The van der Waals surface area contributed by atoms with Gasteiger partial charge in [-0.05, 0) is 34.3 Å². The van der Waals surface area contributed by atoms with Gasteiger partial charge in [0.1, 0.15) is 18.6 Å². The highest BCUT2D eigenvalue weighted by atomic mass is 32.2. The van der Waals surface area contributed by atoms with Crippen LogP contribution in [-0.2, 0) is 25.6 Å². The summed E-state index contributed by atoms with van der Waals surface area (Å²) in [7, 11) is 0. The first kappa shape index (κ1) is 32.3. The van der Waals surface area contributed by atoms with Gasteiger partial charge < -0.3 is 26.8 Å². The van der Waals surface area contributed by atoms with Crippen molar-refractivity contribution >= 4 is 58.9 Å². The van der Waals surface area contributed by atoms with E-state index in [1.807, 2.05) is 54.2 Å². The number of hydrogen-bond acceptors (Lipinski definition) is 7. The molecule has 2 aromatic carbocycles. The molecule has 0 radical (unpaired) electrons. The molecule has 204 valence electrons. The molecule has 0 saturated heterocycles. The molecule has 0 aromatic heterocycles. The van der Waals surface area contributed by atoms with Crippen molar-refractivity contribution in [3.8, 4) is 0 Å². The first-order valence-electron chi connectivity index (χ1n) is 12.0. The number of benzene rings is 2. The van der Waals surface area contributed by atoms with Gasteiger partial charge in [-0.1, -0.05) is 63.2 Å². The Morgan fingerprint density at radius 1 is 1.00 bits per heavy atom. The fourth-order valence-corrected chi connectivity index (χ4v) is 3.40. The number of nitrogens with two attached hydrogens (primary N) is 1. The van der Waals surface area contributed by atoms with Crippen molar-refractivity contribution < 1.29 is 24.3 Å². The summed E-state index contributed by atoms with van der Waals surface area (Å²) in [4.78, 5) is 48.8. The molecule has 0 fully saturated rings. The molecule has 2 unspecified atom stereocenters. The number of hydrogen-bond donors (Lipinski definition) is 6. The second-order valence-electron chi connectivity index (χ2n) is 8.66. The summed E-state index contributed by atoms with van der Waals surface area (Å²) in [6.45, 7) is 5.06. The Bertz CT molecular complexity index is 1050. The summed E-state index contributed by atoms with van der Waals surface area (Å²) in [5, 5.41) is 18.5. The predicted octanol–water partition coefficient (Wildman–Crippen LogP) is 1.84. The summed E-state index contributed by atoms with van der Waals surface area (Å²) < 4.78 is 0. The van der Waals surface area contributed by atoms with E-state index >= 15 is 0 Å². The van der Waals surface area contributed by atoms with Crippen LogP contribution in [0.3, 0.4) is 0 Å². The second-order valence-corrected chi connectivity index (χ2v) is 10.2. The fourth-order valence-electron chi connectivity index (χ4n) is 3.24. The molecular weight excluding hydrogens is 512 g/mol. The third kappa shape index (κ3) is 11.4. The summed E-state index contributed by atoms with van der Waals surface area (Å²) in [6, 6.07) is 10.5. The van der Waals surface area contributed by atoms with E-state index < -0.39 is 48.4 Å². The van der Waals surface area contributed by atoms with Crippen LogP contribution >= 0.6 is 24.4 Å². The Labute approximate surface area is 228 Å². The molecule has 11 heteroatoms. The molecule has 9 nitrogen and oxygen atoms in total. The van der Waals surface area contributed by atoms with E-state index in [4.69, 9.17) is 10.8 Å². The lowest BCUT2D eigenvalue weighted by atomic mass is 9.99. The molecule has 37 heavy (non-hydrogen) atoms. The maximum Gasteiger partial charge on any atom is 0.322 e. The third-order valence-electron chi connectivity index (χ3n) is 5.37. The van der Waals surface area contributed by atoms with Crippen LogP contribution in [0.15, 0.2) is 42.5 Å². The number of thioether (sulfide) groups is 1. The molecule has 0 heterocycles. The Balaban J connectivity index is 0.00000159. The fraction of sp³-hybridized carbons (Fsp3) is 0.462. The minimum absolute atomic E-state index is 0.112. The average molecular weight is 551 g/mol. The highest BCUT2D eigenvalue weighted by molar-refractivity contribution is 7.98. The van der Waals surface area contributed by atoms with E-state index in [0.717, 1.165) is 16.3 Å². The molecule has 2 rings (SSSR count). The highest BCUT2D eigenvalue weighted by Crippen LogP contribution is 2.17. The molecule has 0 bridgehead atoms. The topological polar surface area (TPSA) is 151 Å². The number of carbonyl (C=O) groups is 4. The zero-order chi connectivity index (χ0) is 28.0. The van der Waals surface area contributed by atoms with Crippen molar-refractivity contribution in [3.63, 3.8) is 0 Å². The summed E-state index contributed by atoms with van der Waals surface area (Å²) in [6.07, 6.45) is 2.23. The minimum Gasteiger partial charge on any atom is -0.480 e. The predicted molar refractivity (Wildman–Crippen MR) is 153 cm³/mol. The quantitative estimate of drug-likeness (QED) is 0.221. The van der Waals surface area contributed by atoms with Gasteiger partial charge in [0.05, 0.1) is 6.04 Å². The lowest BCUT2D eigenvalue weighted by Gasteiger charge is -2.26. The maximum atomic E-state index is 13.0. The van der Waals surface area contributed by atoms with Crippen LogP contribution in [0.25, 0.3) is 10.8 Å². The third-order valence-corrected chi connectivity index (χ3v) is 6.34. The van der Waals surface area contributed by atoms with Crippen LogP contribution in [-0.4, -0.2) is 71.2 Å². The summed E-state index contributed by atoms with van der Waals surface area (Å²) >= 11 is 5.85. The number of amides is 3. The minimum atomic E-state index is -1.20. The number of nitrogens with one attached hydrogen (secondary N) is 3. The van der Waals surface area contributed by atoms with Gasteiger partial charge in [-0.2, -0.15) is 24.4 Å². The van der Waals surface area contributed by atoms with Gasteiger partial charge in [0.15, 0.2) is 0 Å². The largest absolute Gasteiger partial charge is 0.480 e. The second kappa shape index (κ2) is 16.9. The van der Waals surface area contributed by atoms with Crippen LogP contribution in [0.5, 0.6) is 0 Å². The van der Waals surface area contributed by atoms with E-state index in [9.17, 15) is 19.2 Å². The van der Waals surface area contributed by atoms with Crippen LogP contribution in [0.4, 0.5) is 0 Å². The first-order chi connectivity index (χ1) is 17.5. The van der Waals surface area contributed by atoms with Gasteiger partial charge in [-0.15, -0.1) is 0 Å². The molecule has 3 atom stereocenters. The van der Waals surface area contributed by atoms with Gasteiger partial charge in [-0.25, -0.2) is 0 Å². The molecule has 0 aliphatic rings. The standard InChI is InChI=1S/C23H30N4O5S.C3H8S/c1-13(2)20(27-21(30)17(24)12-33)23(32)26-18(22(31)25-11-19(28)29)10-14-7-8-15-5-3-4-6-16(15)9-14;1-3-4-2/h3-9,13,17-18,20,33H,10-12,24H2,1-2H3,(H,25,31)(H,26,32)(H,27,30)(H,28,29);3H2,1-2H3/t17?,18?,20-;/m0./s1. The maximum absolute atomic E-state index is 13.0. The molecule has 0 aliphatic heterocycles. The SMILES string of the molecule is CC(C)[C@H](NC(=O)C(N)CS)C(=O)NC(Cc1ccc2ccccc2c1)C(=O)NCC(=O)O.CCSC. The van der Waals surface area contributed by atoms with E-state index in [1.165, 1.54) is 5.75 Å². The molecule has 0 saturated carbocycles. The van der Waals surface area contributed by atoms with Crippen molar-refractivity contribution in [2.24, 2.45) is 11.7 Å². The first-order valence-corrected chi connectivity index (χ1v) is 14.0. The van der Waals surface area contributed by atoms with Gasteiger partial charge in [0.25, 0.3) is 0 Å². The normalized spacial score (nSPS) is 13.1. The van der Waals surface area contributed by atoms with Crippen molar-refractivity contribution in [3.05, 3.63) is 48.0 Å². The Hall–Kier alpha value is -2.76. The lowest BCUT2D eigenvalue weighted by Crippen LogP contribution is -2.58. The van der Waals surface area contributed by atoms with Crippen LogP contribution in [0, 0.1) is 5.92 Å². The van der Waals surface area contributed by atoms with E-state index in [0.29, 0.717) is 0 Å². The van der Waals surface area contributed by atoms with Gasteiger partial charge in [-0.3, -0.25) is 19.2 Å². The van der Waals surface area contributed by atoms with Crippen molar-refractivity contribution in [1.82, 2.24) is 16.0 Å². The average Bonchev–Trinajstić information content (AvgIpc) is 2.88. The Morgan fingerprint density at radius 3 is 2.16 bits per heavy atom. The van der Waals surface area contributed by atoms with Gasteiger partial charge in [0, 0.05) is 12.2 Å². The number of rotatable bonds is 12. The number of carboxylic acid groups (broad SMARTS) is 1. The molecule has 0 spiro atoms. The van der Waals surface area contributed by atoms with Crippen molar-refractivity contribution in [2.45, 2.75) is 45.3 Å². The number of carbonyl (C=O) groups excluding carboxylic acids is 3. The van der Waals surface area contributed by atoms with E-state index in [-0.39, 0.29) is 18.1 Å². The van der Waals surface area contributed by atoms with Crippen LogP contribution in [0.2, 0.25) is 0 Å². The number of thiol groups is 1. The lowest BCUT2D eigenvalue weighted by molar-refractivity contribution is -0.138. The number of carboxylic acids is 1. The summed E-state index contributed by atoms with van der Waals surface area (Å²) in [5.41, 5.74) is 6.47. The molecule has 0 aliphatic carbocycles. The zero-order valence-corrected chi connectivity index (χ0v) is 23.4.